The molecule has 0 atom stereocenters. The van der Waals surface area contributed by atoms with Gasteiger partial charge in [0.1, 0.15) is 0 Å². The van der Waals surface area contributed by atoms with E-state index in [9.17, 15) is 0 Å². The topological polar surface area (TPSA) is 22.8 Å². The van der Waals surface area contributed by atoms with Crippen LogP contribution in [-0.4, -0.2) is 15.8 Å². The second kappa shape index (κ2) is 22.1. The number of fused-ring (bicyclic) bond motifs is 10. The fraction of sp³-hybridized carbons (Fsp3) is 0. The van der Waals surface area contributed by atoms with Crippen LogP contribution in [0.2, 0.25) is 0 Å². The number of aromatic nitrogens is 2. The maximum atomic E-state index is 2.62. The maximum absolute atomic E-state index is 2.62. The summed E-state index contributed by atoms with van der Waals surface area (Å²) in [7, 11) is 0. The Morgan fingerprint density at radius 3 is 0.957 bits per heavy atom. The zero-order valence-electron chi connectivity index (χ0n) is 50.1. The molecule has 0 aliphatic carbocycles. The minimum atomic E-state index is -0.0732. The minimum Gasteiger partial charge on any atom is -0.311 e. The van der Waals surface area contributed by atoms with Crippen LogP contribution in [0, 0.1) is 0 Å². The molecular weight excluding hydrogens is 1140 g/mol. The Morgan fingerprint density at radius 1 is 0.239 bits per heavy atom. The largest absolute Gasteiger partial charge is 0.311 e. The lowest BCUT2D eigenvalue weighted by Crippen LogP contribution is -2.58. The number of nitrogens with zero attached hydrogens (tertiary/aromatic N) is 6. The van der Waals surface area contributed by atoms with Crippen LogP contribution in [0.5, 0.6) is 0 Å². The summed E-state index contributed by atoms with van der Waals surface area (Å²) >= 11 is 1.90. The fourth-order valence-electron chi connectivity index (χ4n) is 14.5. The molecule has 0 fully saturated rings. The van der Waals surface area contributed by atoms with Gasteiger partial charge in [-0.15, -0.1) is 0 Å². The standard InChI is InChI=1S/C84H57BN6S/c1-9-27-58(28-10-1)86(59-29-11-2-12-30-59)66-45-48-77-71(51-66)72-52-67(87(60-31-13-3-14-32-60)61-33-15-4-16-34-61)46-49-78(72)90(77)70-56-80-83-82(57-70)92-81-44-26-25-43-75(81)85(83)76-55-69(89(64-39-21-7-22-40-64)65-41-23-8-24-42-65)54-74-73-53-68(47-50-79(73)91(80)84(74)76)88(62-35-17-5-18-36-62)63-37-19-6-20-38-63/h1-57H. The third-order valence-electron chi connectivity index (χ3n) is 18.4. The van der Waals surface area contributed by atoms with Gasteiger partial charge in [0.2, 0.25) is 6.71 Å². The van der Waals surface area contributed by atoms with E-state index in [1.807, 2.05) is 11.8 Å². The highest BCUT2D eigenvalue weighted by atomic mass is 32.2. The summed E-state index contributed by atoms with van der Waals surface area (Å²) in [4.78, 5) is 12.1. The average Bonchev–Trinajstić information content (AvgIpc) is 1.44. The van der Waals surface area contributed by atoms with E-state index >= 15 is 0 Å². The van der Waals surface area contributed by atoms with Gasteiger partial charge < -0.3 is 28.7 Å². The van der Waals surface area contributed by atoms with E-state index in [0.717, 1.165) is 101 Å². The summed E-state index contributed by atoms with van der Waals surface area (Å²) in [5, 5.41) is 4.68. The van der Waals surface area contributed by atoms with Crippen molar-refractivity contribution in [3.63, 3.8) is 0 Å². The van der Waals surface area contributed by atoms with Crippen LogP contribution in [0.1, 0.15) is 0 Å². The quantitative estimate of drug-likeness (QED) is 0.107. The van der Waals surface area contributed by atoms with Gasteiger partial charge in [0.15, 0.2) is 0 Å². The van der Waals surface area contributed by atoms with E-state index < -0.39 is 0 Å². The molecule has 8 heteroatoms. The van der Waals surface area contributed by atoms with Gasteiger partial charge in [-0.25, -0.2) is 0 Å². The van der Waals surface area contributed by atoms with Gasteiger partial charge in [-0.2, -0.15) is 0 Å². The van der Waals surface area contributed by atoms with E-state index in [1.54, 1.807) is 0 Å². The van der Waals surface area contributed by atoms with Gasteiger partial charge in [-0.3, -0.25) is 0 Å². The van der Waals surface area contributed by atoms with E-state index in [2.05, 4.69) is 375 Å². The Bertz CT molecular complexity index is 5140. The zero-order valence-corrected chi connectivity index (χ0v) is 50.9. The van der Waals surface area contributed by atoms with Crippen LogP contribution in [0.4, 0.5) is 68.2 Å². The van der Waals surface area contributed by atoms with Crippen molar-refractivity contribution in [3.05, 3.63) is 346 Å². The molecule has 0 bridgehead atoms. The highest BCUT2D eigenvalue weighted by Gasteiger charge is 2.41. The van der Waals surface area contributed by atoms with Gasteiger partial charge in [-0.1, -0.05) is 181 Å². The summed E-state index contributed by atoms with van der Waals surface area (Å²) in [6.45, 7) is -0.0732. The Labute approximate surface area is 539 Å². The van der Waals surface area contributed by atoms with Crippen LogP contribution in [0.3, 0.4) is 0 Å². The molecule has 18 rings (SSSR count). The second-order valence-electron chi connectivity index (χ2n) is 23.7. The Morgan fingerprint density at radius 2 is 0.565 bits per heavy atom. The fourth-order valence-corrected chi connectivity index (χ4v) is 15.7. The molecule has 0 N–H and O–H groups in total. The molecule has 0 saturated carbocycles. The van der Waals surface area contributed by atoms with Crippen molar-refractivity contribution in [1.82, 2.24) is 9.13 Å². The van der Waals surface area contributed by atoms with Crippen LogP contribution in [-0.2, 0) is 0 Å². The van der Waals surface area contributed by atoms with Gasteiger partial charge in [0, 0.05) is 116 Å². The number of benzene rings is 14. The molecule has 2 aromatic heterocycles. The SMILES string of the molecule is c1ccc(N(c2ccccc2)c2ccc3c(c2)c2cc(N(c4ccccc4)c4ccccc4)ccc2n3-c2cc3c4c(c2)-n2c5ccc(N(c6ccccc6)c6ccccc6)cc5c5cc(N(c6ccccc6)c6ccccc6)cc(c52)B4c2ccccc2S3)cc1. The molecule has 0 unspecified atom stereocenters. The lowest BCUT2D eigenvalue weighted by atomic mass is 9.35. The van der Waals surface area contributed by atoms with Gasteiger partial charge >= 0.3 is 0 Å². The van der Waals surface area contributed by atoms with Gasteiger partial charge in [0.05, 0.1) is 16.6 Å². The van der Waals surface area contributed by atoms with Crippen molar-refractivity contribution in [1.29, 1.82) is 0 Å². The van der Waals surface area contributed by atoms with Gasteiger partial charge in [-0.05, 0) is 193 Å². The van der Waals surface area contributed by atoms with Gasteiger partial charge in [0.25, 0.3) is 0 Å². The Hall–Kier alpha value is -11.7. The lowest BCUT2D eigenvalue weighted by Gasteiger charge is -2.35. The van der Waals surface area contributed by atoms with Crippen LogP contribution >= 0.6 is 11.8 Å². The van der Waals surface area contributed by atoms with E-state index in [4.69, 9.17) is 0 Å². The van der Waals surface area contributed by atoms with Crippen molar-refractivity contribution in [2.24, 2.45) is 0 Å². The van der Waals surface area contributed by atoms with Crippen molar-refractivity contribution < 1.29 is 0 Å². The second-order valence-corrected chi connectivity index (χ2v) is 24.8. The first-order valence-corrected chi connectivity index (χ1v) is 32.3. The van der Waals surface area contributed by atoms with Crippen LogP contribution in [0.15, 0.2) is 356 Å². The molecule has 2 aliphatic rings. The smallest absolute Gasteiger partial charge is 0.249 e. The number of rotatable bonds is 13. The number of hydrogen-bond donors (Lipinski definition) is 0. The molecule has 0 spiro atoms. The number of hydrogen-bond acceptors (Lipinski definition) is 5. The summed E-state index contributed by atoms with van der Waals surface area (Å²) in [5.41, 5.74) is 23.9. The third kappa shape index (κ3) is 8.82. The predicted octanol–water partition coefficient (Wildman–Crippen LogP) is 21.1. The molecule has 4 heterocycles. The zero-order chi connectivity index (χ0) is 60.6. The first-order valence-electron chi connectivity index (χ1n) is 31.4. The van der Waals surface area contributed by atoms with Crippen molar-refractivity contribution in [2.75, 3.05) is 19.6 Å². The van der Waals surface area contributed by atoms with E-state index in [1.165, 1.54) is 48.2 Å². The molecule has 14 aromatic carbocycles. The van der Waals surface area contributed by atoms with E-state index in [0.29, 0.717) is 0 Å². The molecule has 432 valence electrons. The van der Waals surface area contributed by atoms with Crippen LogP contribution < -0.4 is 36.0 Å². The molecule has 0 radical (unpaired) electrons. The molecule has 6 nitrogen and oxygen atoms in total. The minimum absolute atomic E-state index is 0.0732. The van der Waals surface area contributed by atoms with Crippen LogP contribution in [0.25, 0.3) is 55.0 Å². The molecule has 16 aromatic rings. The van der Waals surface area contributed by atoms with E-state index in [-0.39, 0.29) is 6.71 Å². The third-order valence-corrected chi connectivity index (χ3v) is 19.5. The normalized spacial score (nSPS) is 12.1. The highest BCUT2D eigenvalue weighted by molar-refractivity contribution is 8.00. The average molecular weight is 1190 g/mol. The lowest BCUT2D eigenvalue weighted by molar-refractivity contribution is 1.12. The van der Waals surface area contributed by atoms with Crippen molar-refractivity contribution in [2.45, 2.75) is 9.79 Å². The predicted molar refractivity (Wildman–Crippen MR) is 389 cm³/mol. The first-order chi connectivity index (χ1) is 45.7. The molecular formula is C84H57BN6S. The number of anilines is 12. The summed E-state index contributed by atoms with van der Waals surface area (Å²) < 4.78 is 5.15. The Kier molecular flexibility index (Phi) is 12.8. The molecule has 92 heavy (non-hydrogen) atoms. The maximum Gasteiger partial charge on any atom is 0.249 e. The summed E-state index contributed by atoms with van der Waals surface area (Å²) in [6, 6.07) is 127. The summed E-state index contributed by atoms with van der Waals surface area (Å²) in [5.74, 6) is 0. The Balaban J connectivity index is 0.923. The molecule has 0 saturated heterocycles. The first kappa shape index (κ1) is 53.3. The van der Waals surface area contributed by atoms with Crippen molar-refractivity contribution in [3.8, 4) is 11.4 Å². The van der Waals surface area contributed by atoms with Crippen molar-refractivity contribution >= 4 is 147 Å². The molecule has 2 aliphatic heterocycles. The monoisotopic (exact) mass is 1190 g/mol. The highest BCUT2D eigenvalue weighted by Crippen LogP contribution is 2.48. The number of para-hydroxylation sites is 8. The molecule has 0 amide bonds. The summed E-state index contributed by atoms with van der Waals surface area (Å²) in [6.07, 6.45) is 0.